The minimum absolute atomic E-state index is 0.357. The molecule has 0 amide bonds. The van der Waals surface area contributed by atoms with E-state index in [1.54, 1.807) is 0 Å². The summed E-state index contributed by atoms with van der Waals surface area (Å²) in [6.07, 6.45) is -0.357. The van der Waals surface area contributed by atoms with Crippen LogP contribution in [0.2, 0.25) is 0 Å². The lowest BCUT2D eigenvalue weighted by molar-refractivity contribution is -0.123. The van der Waals surface area contributed by atoms with Gasteiger partial charge in [-0.1, -0.05) is 0 Å². The van der Waals surface area contributed by atoms with E-state index in [-0.39, 0.29) is 6.29 Å². The van der Waals surface area contributed by atoms with E-state index in [9.17, 15) is 4.57 Å². The molecular weight excluding hydrogens is 183 g/mol. The van der Waals surface area contributed by atoms with Crippen LogP contribution in [0.25, 0.3) is 0 Å². The highest BCUT2D eigenvalue weighted by Gasteiger charge is 2.23. The Morgan fingerprint density at radius 3 is 2.67 bits per heavy atom. The van der Waals surface area contributed by atoms with Gasteiger partial charge < -0.3 is 15.4 Å². The molecule has 1 aliphatic rings. The van der Waals surface area contributed by atoms with Crippen LogP contribution in [-0.4, -0.2) is 42.5 Å². The molecule has 1 rings (SSSR count). The molecule has 0 aromatic heterocycles. The zero-order chi connectivity index (χ0) is 9.03. The lowest BCUT2D eigenvalue weighted by atomic mass is 10.5. The topological polar surface area (TPSA) is 85.0 Å². The third kappa shape index (κ3) is 3.18. The van der Waals surface area contributed by atoms with Gasteiger partial charge in [0.2, 0.25) is 0 Å². The summed E-state index contributed by atoms with van der Waals surface area (Å²) >= 11 is 0. The minimum atomic E-state index is -3.59. The van der Waals surface area contributed by atoms with Gasteiger partial charge >= 0.3 is 7.60 Å². The van der Waals surface area contributed by atoms with Crippen LogP contribution in [0.4, 0.5) is 0 Å². The second kappa shape index (κ2) is 4.32. The first-order valence-electron chi connectivity index (χ1n) is 3.68. The maximum Gasteiger partial charge on any atom is 0.358 e. The molecule has 1 unspecified atom stereocenters. The zero-order valence-corrected chi connectivity index (χ0v) is 7.57. The molecule has 72 valence electrons. The first-order valence-corrected chi connectivity index (χ1v) is 5.44. The van der Waals surface area contributed by atoms with Crippen molar-refractivity contribution < 1.29 is 18.8 Å². The van der Waals surface area contributed by atoms with E-state index in [1.807, 2.05) is 0 Å². The van der Waals surface area contributed by atoms with Crippen LogP contribution >= 0.6 is 7.60 Å². The quantitative estimate of drug-likeness (QED) is 0.583. The molecule has 1 atom stereocenters. The van der Waals surface area contributed by atoms with Crippen LogP contribution in [0.5, 0.6) is 0 Å². The SMILES string of the molecule is NCP(=O)(O)ON1CCOCC1. The number of rotatable bonds is 3. The van der Waals surface area contributed by atoms with Gasteiger partial charge in [-0.05, 0) is 0 Å². The van der Waals surface area contributed by atoms with Crippen molar-refractivity contribution in [3.63, 3.8) is 0 Å². The maximum absolute atomic E-state index is 11.0. The predicted octanol–water partition coefficient (Wildman–Crippen LogP) is -0.648. The highest BCUT2D eigenvalue weighted by atomic mass is 31.2. The second-order valence-electron chi connectivity index (χ2n) is 2.44. The van der Waals surface area contributed by atoms with Gasteiger partial charge in [0.15, 0.2) is 0 Å². The van der Waals surface area contributed by atoms with E-state index in [4.69, 9.17) is 20.0 Å². The van der Waals surface area contributed by atoms with E-state index in [1.165, 1.54) is 5.06 Å². The number of morpholine rings is 1. The molecule has 0 saturated carbocycles. The van der Waals surface area contributed by atoms with Crippen LogP contribution in [0, 0.1) is 0 Å². The van der Waals surface area contributed by atoms with Gasteiger partial charge in [0.25, 0.3) is 0 Å². The molecule has 0 aliphatic carbocycles. The summed E-state index contributed by atoms with van der Waals surface area (Å²) in [5, 5.41) is 1.41. The Morgan fingerprint density at radius 2 is 2.17 bits per heavy atom. The Morgan fingerprint density at radius 1 is 1.58 bits per heavy atom. The molecule has 1 heterocycles. The monoisotopic (exact) mass is 196 g/mol. The molecule has 7 heteroatoms. The van der Waals surface area contributed by atoms with Crippen LogP contribution < -0.4 is 5.73 Å². The van der Waals surface area contributed by atoms with E-state index >= 15 is 0 Å². The summed E-state index contributed by atoms with van der Waals surface area (Å²) in [4.78, 5) is 9.00. The number of ether oxygens (including phenoxy) is 1. The van der Waals surface area contributed by atoms with Crippen LogP contribution in [0.1, 0.15) is 0 Å². The summed E-state index contributed by atoms with van der Waals surface area (Å²) in [7, 11) is -3.59. The van der Waals surface area contributed by atoms with Gasteiger partial charge in [-0.2, -0.15) is 5.06 Å². The summed E-state index contributed by atoms with van der Waals surface area (Å²) in [5.74, 6) is 0. The van der Waals surface area contributed by atoms with Crippen LogP contribution in [-0.2, 0) is 13.9 Å². The van der Waals surface area contributed by atoms with E-state index in [0.29, 0.717) is 26.3 Å². The molecule has 0 spiro atoms. The van der Waals surface area contributed by atoms with Gasteiger partial charge in [0.05, 0.1) is 19.5 Å². The molecule has 12 heavy (non-hydrogen) atoms. The van der Waals surface area contributed by atoms with Crippen molar-refractivity contribution in [2.75, 3.05) is 32.6 Å². The fourth-order valence-corrected chi connectivity index (χ4v) is 1.43. The van der Waals surface area contributed by atoms with Crippen molar-refractivity contribution >= 4 is 7.60 Å². The van der Waals surface area contributed by atoms with E-state index in [0.717, 1.165) is 0 Å². The fourth-order valence-electron chi connectivity index (χ4n) is 0.842. The van der Waals surface area contributed by atoms with Crippen molar-refractivity contribution in [3.05, 3.63) is 0 Å². The first-order chi connectivity index (χ1) is 5.64. The van der Waals surface area contributed by atoms with Gasteiger partial charge in [-0.3, -0.25) is 4.57 Å². The van der Waals surface area contributed by atoms with E-state index < -0.39 is 7.60 Å². The molecule has 0 aromatic rings. The highest BCUT2D eigenvalue weighted by molar-refractivity contribution is 7.52. The molecule has 1 fully saturated rings. The Balaban J connectivity index is 2.34. The average Bonchev–Trinajstić information content (AvgIpc) is 2.06. The lowest BCUT2D eigenvalue weighted by Gasteiger charge is -2.26. The van der Waals surface area contributed by atoms with Crippen LogP contribution in [0.3, 0.4) is 0 Å². The summed E-state index contributed by atoms with van der Waals surface area (Å²) in [5.41, 5.74) is 5.03. The molecule has 1 aliphatic heterocycles. The van der Waals surface area contributed by atoms with Crippen molar-refractivity contribution in [2.24, 2.45) is 5.73 Å². The van der Waals surface area contributed by atoms with Gasteiger partial charge in [-0.15, -0.1) is 0 Å². The van der Waals surface area contributed by atoms with Crippen LogP contribution in [0.15, 0.2) is 0 Å². The van der Waals surface area contributed by atoms with Crippen molar-refractivity contribution in [2.45, 2.75) is 0 Å². The molecular formula is C5H13N2O4P. The molecule has 0 aromatic carbocycles. The molecule has 1 saturated heterocycles. The number of hydrogen-bond donors (Lipinski definition) is 2. The first kappa shape index (κ1) is 10.1. The highest BCUT2D eigenvalue weighted by Crippen LogP contribution is 2.40. The second-order valence-corrected chi connectivity index (χ2v) is 4.25. The Kier molecular flexibility index (Phi) is 3.64. The van der Waals surface area contributed by atoms with Gasteiger partial charge in [-0.25, -0.2) is 4.62 Å². The number of nitrogens with zero attached hydrogens (tertiary/aromatic N) is 1. The lowest BCUT2D eigenvalue weighted by Crippen LogP contribution is -2.35. The Labute approximate surface area is 70.7 Å². The minimum Gasteiger partial charge on any atom is -0.379 e. The Hall–Kier alpha value is 0.0300. The Bertz CT molecular complexity index is 182. The third-order valence-corrected chi connectivity index (χ3v) is 2.39. The van der Waals surface area contributed by atoms with E-state index in [2.05, 4.69) is 0 Å². The normalized spacial score (nSPS) is 25.2. The molecule has 3 N–H and O–H groups in total. The number of hydrogen-bond acceptors (Lipinski definition) is 5. The smallest absolute Gasteiger partial charge is 0.358 e. The maximum atomic E-state index is 11.0. The average molecular weight is 196 g/mol. The standard InChI is InChI=1S/C5H13N2O4P/c6-5-12(8,9)11-7-1-3-10-4-2-7/h1-6H2,(H,8,9). The van der Waals surface area contributed by atoms with Crippen molar-refractivity contribution in [1.82, 2.24) is 5.06 Å². The largest absolute Gasteiger partial charge is 0.379 e. The van der Waals surface area contributed by atoms with Gasteiger partial charge in [0, 0.05) is 13.1 Å². The van der Waals surface area contributed by atoms with Crippen molar-refractivity contribution in [1.29, 1.82) is 0 Å². The number of nitrogens with two attached hydrogens (primary N) is 1. The third-order valence-electron chi connectivity index (χ3n) is 1.44. The zero-order valence-electron chi connectivity index (χ0n) is 6.68. The molecule has 0 bridgehead atoms. The summed E-state index contributed by atoms with van der Waals surface area (Å²) in [6, 6.07) is 0. The summed E-state index contributed by atoms with van der Waals surface area (Å²) in [6.45, 7) is 2.05. The number of hydroxylamine groups is 2. The van der Waals surface area contributed by atoms with Crippen molar-refractivity contribution in [3.8, 4) is 0 Å². The summed E-state index contributed by atoms with van der Waals surface area (Å²) < 4.78 is 20.8. The predicted molar refractivity (Wildman–Crippen MR) is 42.4 cm³/mol. The van der Waals surface area contributed by atoms with Gasteiger partial charge in [0.1, 0.15) is 0 Å². The molecule has 6 nitrogen and oxygen atoms in total. The molecule has 0 radical (unpaired) electrons. The fraction of sp³-hybridized carbons (Fsp3) is 1.00.